The minimum atomic E-state index is 0.484. The number of hydrogen-bond donors (Lipinski definition) is 3. The molecule has 0 aliphatic carbocycles. The summed E-state index contributed by atoms with van der Waals surface area (Å²) in [4.78, 5) is 0. The van der Waals surface area contributed by atoms with E-state index in [1.54, 1.807) is 0 Å². The molecule has 26 heavy (non-hydrogen) atoms. The number of nitrogens with two attached hydrogens (primary N) is 2. The summed E-state index contributed by atoms with van der Waals surface area (Å²) in [5.41, 5.74) is 18.1. The number of nitrogens with zero attached hydrogens (tertiary/aromatic N) is 1. The third kappa shape index (κ3) is 3.14. The molecule has 1 aliphatic heterocycles. The Bertz CT molecular complexity index is 932. The van der Waals surface area contributed by atoms with Crippen LogP contribution >= 0.6 is 0 Å². The van der Waals surface area contributed by atoms with Gasteiger partial charge in [0.1, 0.15) is 0 Å². The summed E-state index contributed by atoms with van der Waals surface area (Å²) in [7, 11) is 0. The van der Waals surface area contributed by atoms with Gasteiger partial charge in [-0.1, -0.05) is 30.3 Å². The second-order valence-corrected chi connectivity index (χ2v) is 6.96. The number of rotatable bonds is 4. The highest BCUT2D eigenvalue weighted by Gasteiger charge is 2.19. The summed E-state index contributed by atoms with van der Waals surface area (Å²) in [5.74, 6) is 0.484. The highest BCUT2D eigenvalue weighted by atomic mass is 15.0. The van der Waals surface area contributed by atoms with E-state index in [4.69, 9.17) is 11.5 Å². The van der Waals surface area contributed by atoms with Crippen LogP contribution in [0, 0.1) is 5.92 Å². The predicted molar refractivity (Wildman–Crippen MR) is 109 cm³/mol. The van der Waals surface area contributed by atoms with Crippen LogP contribution in [0.2, 0.25) is 0 Å². The van der Waals surface area contributed by atoms with Crippen LogP contribution in [-0.4, -0.2) is 24.2 Å². The van der Waals surface area contributed by atoms with Gasteiger partial charge in [0.2, 0.25) is 0 Å². The predicted octanol–water partition coefficient (Wildman–Crippen LogP) is 3.26. The normalized spacial score (nSPS) is 16.7. The summed E-state index contributed by atoms with van der Waals surface area (Å²) >= 11 is 0. The van der Waals surface area contributed by atoms with E-state index in [0.717, 1.165) is 42.9 Å². The fraction of sp³-hybridized carbons (Fsp3) is 0.273. The Labute approximate surface area is 154 Å². The fourth-order valence-electron chi connectivity index (χ4n) is 3.98. The Balaban J connectivity index is 1.74. The zero-order chi connectivity index (χ0) is 17.9. The van der Waals surface area contributed by atoms with Crippen LogP contribution in [0.4, 0.5) is 0 Å². The van der Waals surface area contributed by atoms with E-state index in [2.05, 4.69) is 70.7 Å². The van der Waals surface area contributed by atoms with Crippen molar-refractivity contribution in [2.24, 2.45) is 17.4 Å². The Hall–Kier alpha value is -2.56. The zero-order valence-electron chi connectivity index (χ0n) is 15.0. The van der Waals surface area contributed by atoms with Gasteiger partial charge >= 0.3 is 0 Å². The SMILES string of the molecule is NC/C(=C(\N)c1cccc(-n2ccc3ccccc32)c1)C1CCNCC1. The molecule has 1 fully saturated rings. The molecular weight excluding hydrogens is 320 g/mol. The second kappa shape index (κ2) is 7.36. The molecular formula is C22H26N4. The van der Waals surface area contributed by atoms with Crippen LogP contribution in [0.5, 0.6) is 0 Å². The van der Waals surface area contributed by atoms with Crippen LogP contribution in [0.15, 0.2) is 66.4 Å². The van der Waals surface area contributed by atoms with Crippen molar-refractivity contribution in [2.75, 3.05) is 19.6 Å². The summed E-state index contributed by atoms with van der Waals surface area (Å²) in [6.07, 6.45) is 4.32. The summed E-state index contributed by atoms with van der Waals surface area (Å²) < 4.78 is 2.21. The van der Waals surface area contributed by atoms with Crippen molar-refractivity contribution in [3.05, 3.63) is 71.9 Å². The van der Waals surface area contributed by atoms with E-state index in [0.29, 0.717) is 12.5 Å². The molecule has 0 radical (unpaired) electrons. The molecule has 1 saturated heterocycles. The van der Waals surface area contributed by atoms with E-state index in [9.17, 15) is 0 Å². The van der Waals surface area contributed by atoms with E-state index >= 15 is 0 Å². The standard InChI is InChI=1S/C22H26N4/c23-15-20(16-8-11-25-12-9-16)22(24)18-5-3-6-19(14-18)26-13-10-17-4-1-2-7-21(17)26/h1-7,10,13-14,16,25H,8-9,11-12,15,23-24H2/b22-20+. The number of hydrogen-bond acceptors (Lipinski definition) is 3. The van der Waals surface area contributed by atoms with Gasteiger partial charge in [-0.05, 0) is 72.6 Å². The molecule has 0 spiro atoms. The van der Waals surface area contributed by atoms with E-state index in [1.807, 2.05) is 0 Å². The van der Waals surface area contributed by atoms with Gasteiger partial charge in [0, 0.05) is 24.1 Å². The van der Waals surface area contributed by atoms with Gasteiger partial charge in [0.25, 0.3) is 0 Å². The molecule has 4 heteroatoms. The van der Waals surface area contributed by atoms with E-state index < -0.39 is 0 Å². The third-order valence-corrected chi connectivity index (χ3v) is 5.43. The number of para-hydroxylation sites is 1. The van der Waals surface area contributed by atoms with Gasteiger partial charge in [-0.2, -0.15) is 0 Å². The van der Waals surface area contributed by atoms with Crippen molar-refractivity contribution >= 4 is 16.6 Å². The summed E-state index contributed by atoms with van der Waals surface area (Å²) in [5, 5.41) is 4.64. The highest BCUT2D eigenvalue weighted by Crippen LogP contribution is 2.28. The third-order valence-electron chi connectivity index (χ3n) is 5.43. The van der Waals surface area contributed by atoms with Gasteiger partial charge in [0.05, 0.1) is 5.52 Å². The topological polar surface area (TPSA) is 69.0 Å². The molecule has 0 unspecified atom stereocenters. The first kappa shape index (κ1) is 16.9. The molecule has 4 rings (SSSR count). The molecule has 2 aromatic carbocycles. The molecule has 0 atom stereocenters. The first-order chi connectivity index (χ1) is 12.8. The quantitative estimate of drug-likeness (QED) is 0.679. The molecule has 0 bridgehead atoms. The van der Waals surface area contributed by atoms with Crippen LogP contribution < -0.4 is 16.8 Å². The first-order valence-corrected chi connectivity index (χ1v) is 9.34. The maximum atomic E-state index is 6.59. The van der Waals surface area contributed by atoms with Crippen molar-refractivity contribution in [1.82, 2.24) is 9.88 Å². The van der Waals surface area contributed by atoms with Crippen LogP contribution in [0.3, 0.4) is 0 Å². The van der Waals surface area contributed by atoms with Crippen LogP contribution in [0.1, 0.15) is 18.4 Å². The van der Waals surface area contributed by atoms with Gasteiger partial charge in [-0.3, -0.25) is 0 Å². The van der Waals surface area contributed by atoms with Crippen LogP contribution in [0.25, 0.3) is 22.3 Å². The maximum absolute atomic E-state index is 6.59. The molecule has 1 aliphatic rings. The number of benzene rings is 2. The summed E-state index contributed by atoms with van der Waals surface area (Å²) in [6.45, 7) is 2.60. The number of piperidine rings is 1. The Morgan fingerprint density at radius 3 is 2.65 bits per heavy atom. The molecule has 2 heterocycles. The largest absolute Gasteiger partial charge is 0.398 e. The Morgan fingerprint density at radius 2 is 1.85 bits per heavy atom. The zero-order valence-corrected chi connectivity index (χ0v) is 15.0. The molecule has 3 aromatic rings. The van der Waals surface area contributed by atoms with Crippen molar-refractivity contribution in [2.45, 2.75) is 12.8 Å². The Kier molecular flexibility index (Phi) is 4.78. The van der Waals surface area contributed by atoms with Gasteiger partial charge in [0.15, 0.2) is 0 Å². The van der Waals surface area contributed by atoms with Crippen molar-refractivity contribution in [3.8, 4) is 5.69 Å². The molecule has 134 valence electrons. The average Bonchev–Trinajstić information content (AvgIpc) is 3.13. The number of fused-ring (bicyclic) bond motifs is 1. The van der Waals surface area contributed by atoms with Crippen molar-refractivity contribution in [1.29, 1.82) is 0 Å². The number of aromatic nitrogens is 1. The minimum Gasteiger partial charge on any atom is -0.398 e. The monoisotopic (exact) mass is 346 g/mol. The molecule has 1 aromatic heterocycles. The molecule has 0 saturated carbocycles. The average molecular weight is 346 g/mol. The lowest BCUT2D eigenvalue weighted by Gasteiger charge is -2.26. The maximum Gasteiger partial charge on any atom is 0.0528 e. The summed E-state index contributed by atoms with van der Waals surface area (Å²) in [6, 6.07) is 19.0. The first-order valence-electron chi connectivity index (χ1n) is 9.34. The molecule has 0 amide bonds. The van der Waals surface area contributed by atoms with Crippen molar-refractivity contribution in [3.63, 3.8) is 0 Å². The lowest BCUT2D eigenvalue weighted by Crippen LogP contribution is -2.31. The molecule has 5 N–H and O–H groups in total. The van der Waals surface area contributed by atoms with Gasteiger partial charge in [-0.15, -0.1) is 0 Å². The number of nitrogens with one attached hydrogen (secondary N) is 1. The van der Waals surface area contributed by atoms with E-state index in [1.165, 1.54) is 16.5 Å². The highest BCUT2D eigenvalue weighted by molar-refractivity contribution is 5.82. The van der Waals surface area contributed by atoms with Crippen LogP contribution in [-0.2, 0) is 0 Å². The van der Waals surface area contributed by atoms with Gasteiger partial charge in [-0.25, -0.2) is 0 Å². The fourth-order valence-corrected chi connectivity index (χ4v) is 3.98. The van der Waals surface area contributed by atoms with E-state index in [-0.39, 0.29) is 0 Å². The van der Waals surface area contributed by atoms with Gasteiger partial charge < -0.3 is 21.4 Å². The van der Waals surface area contributed by atoms with Crippen molar-refractivity contribution < 1.29 is 0 Å². The molecule has 4 nitrogen and oxygen atoms in total. The minimum absolute atomic E-state index is 0.484. The second-order valence-electron chi connectivity index (χ2n) is 6.96. The lowest BCUT2D eigenvalue weighted by atomic mass is 9.87. The lowest BCUT2D eigenvalue weighted by molar-refractivity contribution is 0.417. The smallest absolute Gasteiger partial charge is 0.0528 e. The Morgan fingerprint density at radius 1 is 1.04 bits per heavy atom.